The Morgan fingerprint density at radius 1 is 1.35 bits per heavy atom. The Hall–Kier alpha value is -1.00. The molecule has 1 amide bonds. The lowest BCUT2D eigenvalue weighted by Gasteiger charge is -2.37. The number of hydrogen-bond donors (Lipinski definition) is 1. The lowest BCUT2D eigenvalue weighted by atomic mass is 9.91. The van der Waals surface area contributed by atoms with E-state index in [0.717, 1.165) is 12.0 Å². The molecule has 4 heteroatoms. The first kappa shape index (κ1) is 12.5. The molecule has 1 aromatic rings. The Labute approximate surface area is 106 Å². The third-order valence-electron chi connectivity index (χ3n) is 3.37. The average Bonchev–Trinajstić information content (AvgIpc) is 2.35. The van der Waals surface area contributed by atoms with E-state index >= 15 is 0 Å². The van der Waals surface area contributed by atoms with Gasteiger partial charge in [-0.3, -0.25) is 4.79 Å². The molecule has 2 unspecified atom stereocenters. The number of carbonyl (C=O) groups excluding carboxylic acids is 1. The summed E-state index contributed by atoms with van der Waals surface area (Å²) in [7, 11) is 1.84. The zero-order valence-electron chi connectivity index (χ0n) is 10.2. The standard InChI is InChI=1S/C13H18N2OS/c1-15-12(16)8-7-11(14)13(15)9-3-5-10(17-2)6-4-9/h3-6,11,13H,7-8,14H2,1-2H3. The maximum atomic E-state index is 11.7. The summed E-state index contributed by atoms with van der Waals surface area (Å²) >= 11 is 1.71. The summed E-state index contributed by atoms with van der Waals surface area (Å²) in [6.07, 6.45) is 3.40. The van der Waals surface area contributed by atoms with E-state index in [2.05, 4.69) is 30.5 Å². The first-order chi connectivity index (χ1) is 8.13. The van der Waals surface area contributed by atoms with Crippen molar-refractivity contribution in [2.24, 2.45) is 5.73 Å². The molecule has 2 N–H and O–H groups in total. The van der Waals surface area contributed by atoms with Gasteiger partial charge in [0.25, 0.3) is 0 Å². The first-order valence-electron chi connectivity index (χ1n) is 5.78. The van der Waals surface area contributed by atoms with E-state index in [9.17, 15) is 4.79 Å². The Balaban J connectivity index is 2.26. The molecular formula is C13H18N2OS. The van der Waals surface area contributed by atoms with Crippen LogP contribution in [0.15, 0.2) is 29.2 Å². The minimum absolute atomic E-state index is 0.0205. The molecule has 1 heterocycles. The number of likely N-dealkylation sites (tertiary alicyclic amines) is 1. The van der Waals surface area contributed by atoms with Gasteiger partial charge in [0.2, 0.25) is 5.91 Å². The zero-order chi connectivity index (χ0) is 12.4. The second-order valence-corrected chi connectivity index (χ2v) is 5.30. The molecule has 1 aliphatic rings. The third-order valence-corrected chi connectivity index (χ3v) is 4.11. The van der Waals surface area contributed by atoms with Crippen molar-refractivity contribution in [3.05, 3.63) is 29.8 Å². The van der Waals surface area contributed by atoms with E-state index in [4.69, 9.17) is 5.73 Å². The quantitative estimate of drug-likeness (QED) is 0.817. The van der Waals surface area contributed by atoms with Crippen LogP contribution >= 0.6 is 11.8 Å². The predicted molar refractivity (Wildman–Crippen MR) is 70.9 cm³/mol. The number of nitrogens with two attached hydrogens (primary N) is 1. The van der Waals surface area contributed by atoms with Crippen molar-refractivity contribution >= 4 is 17.7 Å². The number of thioether (sulfide) groups is 1. The number of carbonyl (C=O) groups is 1. The number of hydrogen-bond acceptors (Lipinski definition) is 3. The molecule has 0 spiro atoms. The van der Waals surface area contributed by atoms with Crippen LogP contribution in [0.4, 0.5) is 0 Å². The summed E-state index contributed by atoms with van der Waals surface area (Å²) in [5.41, 5.74) is 7.27. The van der Waals surface area contributed by atoms with E-state index in [-0.39, 0.29) is 18.0 Å². The van der Waals surface area contributed by atoms with E-state index in [0.29, 0.717) is 6.42 Å². The second kappa shape index (κ2) is 5.10. The molecule has 1 aliphatic heterocycles. The first-order valence-corrected chi connectivity index (χ1v) is 7.01. The van der Waals surface area contributed by atoms with Crippen LogP contribution in [0.5, 0.6) is 0 Å². The van der Waals surface area contributed by atoms with Gasteiger partial charge < -0.3 is 10.6 Å². The van der Waals surface area contributed by atoms with Gasteiger partial charge in [-0.1, -0.05) is 12.1 Å². The minimum Gasteiger partial charge on any atom is -0.337 e. The van der Waals surface area contributed by atoms with Crippen LogP contribution in [0.2, 0.25) is 0 Å². The summed E-state index contributed by atoms with van der Waals surface area (Å²) < 4.78 is 0. The van der Waals surface area contributed by atoms with Gasteiger partial charge in [0.05, 0.1) is 6.04 Å². The van der Waals surface area contributed by atoms with Gasteiger partial charge in [-0.25, -0.2) is 0 Å². The highest BCUT2D eigenvalue weighted by atomic mass is 32.2. The van der Waals surface area contributed by atoms with Crippen molar-refractivity contribution in [3.63, 3.8) is 0 Å². The van der Waals surface area contributed by atoms with Gasteiger partial charge in [0, 0.05) is 24.4 Å². The fourth-order valence-corrected chi connectivity index (χ4v) is 2.75. The van der Waals surface area contributed by atoms with E-state index in [1.54, 1.807) is 16.7 Å². The molecule has 0 aromatic heterocycles. The summed E-state index contributed by atoms with van der Waals surface area (Å²) in [4.78, 5) is 14.7. The number of benzene rings is 1. The molecule has 1 saturated heterocycles. The van der Waals surface area contributed by atoms with Crippen LogP contribution in [-0.2, 0) is 4.79 Å². The van der Waals surface area contributed by atoms with Crippen molar-refractivity contribution < 1.29 is 4.79 Å². The van der Waals surface area contributed by atoms with Gasteiger partial charge in [0.15, 0.2) is 0 Å². The fraction of sp³-hybridized carbons (Fsp3) is 0.462. The van der Waals surface area contributed by atoms with Crippen LogP contribution in [0.25, 0.3) is 0 Å². The molecule has 0 aliphatic carbocycles. The van der Waals surface area contributed by atoms with Gasteiger partial charge in [-0.05, 0) is 30.4 Å². The van der Waals surface area contributed by atoms with Crippen LogP contribution in [0.1, 0.15) is 24.4 Å². The molecule has 1 aromatic carbocycles. The van der Waals surface area contributed by atoms with Crippen molar-refractivity contribution in [2.45, 2.75) is 29.8 Å². The molecular weight excluding hydrogens is 232 g/mol. The van der Waals surface area contributed by atoms with Crippen LogP contribution < -0.4 is 5.73 Å². The third kappa shape index (κ3) is 2.48. The maximum Gasteiger partial charge on any atom is 0.222 e. The van der Waals surface area contributed by atoms with Crippen molar-refractivity contribution in [1.29, 1.82) is 0 Å². The Morgan fingerprint density at radius 2 is 2.00 bits per heavy atom. The highest BCUT2D eigenvalue weighted by molar-refractivity contribution is 7.98. The zero-order valence-corrected chi connectivity index (χ0v) is 11.0. The average molecular weight is 250 g/mol. The number of likely N-dealkylation sites (N-methyl/N-ethyl adjacent to an activating group) is 1. The van der Waals surface area contributed by atoms with Crippen molar-refractivity contribution in [1.82, 2.24) is 4.90 Å². The summed E-state index contributed by atoms with van der Waals surface area (Å²) in [5, 5.41) is 0. The van der Waals surface area contributed by atoms with Crippen molar-refractivity contribution in [3.8, 4) is 0 Å². The SMILES string of the molecule is CSc1ccc(C2C(N)CCC(=O)N2C)cc1. The van der Waals surface area contributed by atoms with E-state index in [1.165, 1.54) is 4.90 Å². The van der Waals surface area contributed by atoms with Gasteiger partial charge in [-0.2, -0.15) is 0 Å². The fourth-order valence-electron chi connectivity index (χ4n) is 2.34. The minimum atomic E-state index is 0.0205. The monoisotopic (exact) mass is 250 g/mol. The molecule has 2 atom stereocenters. The number of amides is 1. The molecule has 0 saturated carbocycles. The molecule has 0 bridgehead atoms. The van der Waals surface area contributed by atoms with Gasteiger partial charge in [0.1, 0.15) is 0 Å². The number of rotatable bonds is 2. The van der Waals surface area contributed by atoms with Crippen LogP contribution in [0.3, 0.4) is 0 Å². The lowest BCUT2D eigenvalue weighted by Crippen LogP contribution is -2.46. The maximum absolute atomic E-state index is 11.7. The summed E-state index contributed by atoms with van der Waals surface area (Å²) in [5.74, 6) is 0.186. The molecule has 2 rings (SSSR count). The molecule has 0 radical (unpaired) electrons. The van der Waals surface area contributed by atoms with Crippen molar-refractivity contribution in [2.75, 3.05) is 13.3 Å². The highest BCUT2D eigenvalue weighted by Gasteiger charge is 2.32. The second-order valence-electron chi connectivity index (χ2n) is 4.43. The predicted octanol–water partition coefficient (Wildman–Crippen LogP) is 2.03. The highest BCUT2D eigenvalue weighted by Crippen LogP contribution is 2.30. The largest absolute Gasteiger partial charge is 0.337 e. The molecule has 1 fully saturated rings. The topological polar surface area (TPSA) is 46.3 Å². The Morgan fingerprint density at radius 3 is 2.59 bits per heavy atom. The molecule has 92 valence electrons. The molecule has 17 heavy (non-hydrogen) atoms. The Bertz CT molecular complexity index is 404. The normalized spacial score (nSPS) is 25.1. The number of nitrogens with zero attached hydrogens (tertiary/aromatic N) is 1. The Kier molecular flexibility index (Phi) is 3.74. The van der Waals surface area contributed by atoms with Gasteiger partial charge >= 0.3 is 0 Å². The number of piperidine rings is 1. The van der Waals surface area contributed by atoms with E-state index in [1.807, 2.05) is 7.05 Å². The van der Waals surface area contributed by atoms with Crippen LogP contribution in [0, 0.1) is 0 Å². The smallest absolute Gasteiger partial charge is 0.222 e. The van der Waals surface area contributed by atoms with E-state index < -0.39 is 0 Å². The summed E-state index contributed by atoms with van der Waals surface area (Å²) in [6, 6.07) is 8.38. The molecule has 3 nitrogen and oxygen atoms in total. The van der Waals surface area contributed by atoms with Gasteiger partial charge in [-0.15, -0.1) is 11.8 Å². The van der Waals surface area contributed by atoms with Crippen LogP contribution in [-0.4, -0.2) is 30.2 Å². The summed E-state index contributed by atoms with van der Waals surface area (Å²) in [6.45, 7) is 0. The lowest BCUT2D eigenvalue weighted by molar-refractivity contribution is -0.135.